The van der Waals surface area contributed by atoms with E-state index < -0.39 is 27.4 Å². The molecular formula is C35H36Cl2SiZr. The first kappa shape index (κ1) is 27.5. The summed E-state index contributed by atoms with van der Waals surface area (Å²) < 4.78 is 1.41. The first-order valence-electron chi connectivity index (χ1n) is 14.2. The maximum absolute atomic E-state index is 7.90. The van der Waals surface area contributed by atoms with E-state index in [1.54, 1.807) is 0 Å². The van der Waals surface area contributed by atoms with Crippen LogP contribution < -0.4 is 13.6 Å². The minimum atomic E-state index is -4.01. The molecule has 2 unspecified atom stereocenters. The molecule has 39 heavy (non-hydrogen) atoms. The fourth-order valence-electron chi connectivity index (χ4n) is 6.71. The van der Waals surface area contributed by atoms with E-state index in [0.717, 1.165) is 6.42 Å². The zero-order valence-electron chi connectivity index (χ0n) is 23.5. The molecule has 0 N–H and O–H groups in total. The number of allylic oxidation sites excluding steroid dienone is 1. The monoisotopic (exact) mass is 644 g/mol. The molecule has 198 valence electrons. The van der Waals surface area contributed by atoms with Gasteiger partial charge in [0.05, 0.1) is 0 Å². The Morgan fingerprint density at radius 1 is 0.846 bits per heavy atom. The van der Waals surface area contributed by atoms with Crippen molar-refractivity contribution in [2.75, 3.05) is 0 Å². The van der Waals surface area contributed by atoms with Gasteiger partial charge in [0.2, 0.25) is 0 Å². The average molecular weight is 647 g/mol. The van der Waals surface area contributed by atoms with Crippen LogP contribution in [0.3, 0.4) is 0 Å². The molecule has 1 heterocycles. The van der Waals surface area contributed by atoms with E-state index in [-0.39, 0.29) is 9.04 Å². The summed E-state index contributed by atoms with van der Waals surface area (Å²) in [6.07, 6.45) is 3.56. The molecule has 0 aromatic heterocycles. The standard InChI is InChI=1S/C23H27.C12H9Si.2ClH.Zr/c1-6-16(2)19-14-18-12-13-21(23(3,4)5)22(20(18)15-19)17-10-8-7-9-11-17;1-3-7-11-9(5-1)10-6-2-4-8-12(10)13-11;;;/h7-16H,6H2,1-5H3;1-7H,13H2;2*1H;/q;;;;+2/p-2. The molecule has 0 saturated carbocycles. The zero-order chi connectivity index (χ0) is 27.5. The van der Waals surface area contributed by atoms with Gasteiger partial charge < -0.3 is 0 Å². The summed E-state index contributed by atoms with van der Waals surface area (Å²) in [6.45, 7) is 11.6. The van der Waals surface area contributed by atoms with Gasteiger partial charge in [-0.1, -0.05) is 0 Å². The Morgan fingerprint density at radius 3 is 2.26 bits per heavy atom. The second kappa shape index (κ2) is 10.3. The van der Waals surface area contributed by atoms with Crippen molar-refractivity contribution in [2.24, 2.45) is 5.92 Å². The summed E-state index contributed by atoms with van der Waals surface area (Å²) in [5, 5.41) is 3.01. The molecule has 6 rings (SSSR count). The summed E-state index contributed by atoms with van der Waals surface area (Å²) in [5.41, 5.74) is 10.9. The molecule has 0 radical (unpaired) electrons. The summed E-state index contributed by atoms with van der Waals surface area (Å²) in [4.78, 5) is 0. The third kappa shape index (κ3) is 4.61. The van der Waals surface area contributed by atoms with E-state index in [2.05, 4.69) is 126 Å². The van der Waals surface area contributed by atoms with E-state index in [1.807, 2.05) is 0 Å². The molecule has 0 bridgehead atoms. The van der Waals surface area contributed by atoms with Crippen molar-refractivity contribution < 1.29 is 17.9 Å². The van der Waals surface area contributed by atoms with Crippen molar-refractivity contribution in [1.29, 1.82) is 0 Å². The Morgan fingerprint density at radius 2 is 1.54 bits per heavy atom. The molecule has 2 aliphatic rings. The summed E-state index contributed by atoms with van der Waals surface area (Å²) in [7, 11) is 15.2. The number of hydrogen-bond donors (Lipinski definition) is 0. The van der Waals surface area contributed by atoms with Gasteiger partial charge in [0.1, 0.15) is 0 Å². The fourth-order valence-corrected chi connectivity index (χ4v) is 23.6. The predicted octanol–water partition coefficient (Wildman–Crippen LogP) is 8.02. The van der Waals surface area contributed by atoms with Crippen LogP contribution in [0, 0.1) is 5.92 Å². The van der Waals surface area contributed by atoms with Crippen LogP contribution in [0.25, 0.3) is 28.3 Å². The van der Waals surface area contributed by atoms with Crippen LogP contribution in [0.15, 0.2) is 90.5 Å². The Hall–Kier alpha value is -1.70. The molecular weight excluding hydrogens is 611 g/mol. The number of halogens is 2. The van der Waals surface area contributed by atoms with Gasteiger partial charge in [0, 0.05) is 0 Å². The molecule has 2 atom stereocenters. The summed E-state index contributed by atoms with van der Waals surface area (Å²) in [6, 6.07) is 31.3. The molecule has 1 aliphatic carbocycles. The van der Waals surface area contributed by atoms with Gasteiger partial charge in [-0.15, -0.1) is 0 Å². The Labute approximate surface area is 247 Å². The minimum absolute atomic E-state index is 0.0165. The molecule has 0 nitrogen and oxygen atoms in total. The van der Waals surface area contributed by atoms with Crippen molar-refractivity contribution in [3.05, 3.63) is 107 Å². The molecule has 1 aliphatic heterocycles. The van der Waals surface area contributed by atoms with E-state index in [9.17, 15) is 0 Å². The Kier molecular flexibility index (Phi) is 7.25. The Bertz CT molecular complexity index is 1600. The first-order chi connectivity index (χ1) is 18.6. The van der Waals surface area contributed by atoms with Crippen molar-refractivity contribution in [2.45, 2.75) is 50.1 Å². The fraction of sp³-hybridized carbons (Fsp3) is 0.257. The van der Waals surface area contributed by atoms with Gasteiger partial charge in [-0.25, -0.2) is 0 Å². The number of rotatable bonds is 5. The van der Waals surface area contributed by atoms with Crippen LogP contribution in [0.2, 0.25) is 0 Å². The predicted molar refractivity (Wildman–Crippen MR) is 172 cm³/mol. The second-order valence-electron chi connectivity index (χ2n) is 12.3. The van der Waals surface area contributed by atoms with Gasteiger partial charge in [0.25, 0.3) is 0 Å². The van der Waals surface area contributed by atoms with E-state index in [4.69, 9.17) is 17.0 Å². The van der Waals surface area contributed by atoms with Crippen LogP contribution in [0.4, 0.5) is 0 Å². The molecule has 4 heteroatoms. The SMILES string of the molecule is CCC(C)C1=Cc2c(ccc(C(C)(C)C)c2-c2ccccc2)[CH]1[Zr]([Cl])([Cl])[c]1cccc2c1[SiH2]c1ccccc1-2. The average Bonchev–Trinajstić information content (AvgIpc) is 3.51. The molecule has 4 aromatic rings. The van der Waals surface area contributed by atoms with Crippen LogP contribution in [0.5, 0.6) is 0 Å². The zero-order valence-corrected chi connectivity index (χ0v) is 28.9. The number of benzene rings is 4. The molecule has 0 fully saturated rings. The topological polar surface area (TPSA) is 0 Å². The third-order valence-corrected chi connectivity index (χ3v) is 23.1. The first-order valence-corrected chi connectivity index (χ1v) is 24.5. The van der Waals surface area contributed by atoms with Crippen molar-refractivity contribution >= 4 is 46.3 Å². The molecule has 0 saturated heterocycles. The van der Waals surface area contributed by atoms with Crippen LogP contribution in [-0.4, -0.2) is 9.52 Å². The van der Waals surface area contributed by atoms with E-state index >= 15 is 0 Å². The normalized spacial score (nSPS) is 17.5. The van der Waals surface area contributed by atoms with Crippen LogP contribution in [-0.2, 0) is 23.3 Å². The van der Waals surface area contributed by atoms with Gasteiger partial charge in [-0.2, -0.15) is 0 Å². The van der Waals surface area contributed by atoms with Gasteiger partial charge in [0.15, 0.2) is 0 Å². The number of hydrogen-bond acceptors (Lipinski definition) is 0. The third-order valence-electron chi connectivity index (χ3n) is 8.86. The van der Waals surface area contributed by atoms with E-state index in [0.29, 0.717) is 5.92 Å². The molecule has 4 aromatic carbocycles. The van der Waals surface area contributed by atoms with Crippen molar-refractivity contribution in [1.82, 2.24) is 0 Å². The van der Waals surface area contributed by atoms with Crippen molar-refractivity contribution in [3.63, 3.8) is 0 Å². The van der Waals surface area contributed by atoms with Gasteiger partial charge in [-0.05, 0) is 0 Å². The quantitative estimate of drug-likeness (QED) is 0.170. The van der Waals surface area contributed by atoms with Crippen LogP contribution in [0.1, 0.15) is 61.4 Å². The summed E-state index contributed by atoms with van der Waals surface area (Å²) in [5.74, 6) is 0.420. The molecule has 0 spiro atoms. The number of fused-ring (bicyclic) bond motifs is 4. The van der Waals surface area contributed by atoms with E-state index in [1.165, 1.54) is 58.2 Å². The Balaban J connectivity index is 1.58. The van der Waals surface area contributed by atoms with Crippen LogP contribution >= 0.6 is 17.0 Å². The maximum atomic E-state index is 7.90. The van der Waals surface area contributed by atoms with Crippen molar-refractivity contribution in [3.8, 4) is 22.3 Å². The second-order valence-corrected chi connectivity index (χ2v) is 28.1. The van der Waals surface area contributed by atoms with Gasteiger partial charge in [-0.3, -0.25) is 0 Å². The summed E-state index contributed by atoms with van der Waals surface area (Å²) >= 11 is -4.01. The molecule has 0 amide bonds. The van der Waals surface area contributed by atoms with Gasteiger partial charge >= 0.3 is 250 Å².